The minimum atomic E-state index is -0.287. The first-order chi connectivity index (χ1) is 8.67. The largest absolute Gasteiger partial charge is 0.494 e. The minimum Gasteiger partial charge on any atom is -0.494 e. The van der Waals surface area contributed by atoms with E-state index in [1.165, 1.54) is 0 Å². The molecular formula is C13H20N2O3. The van der Waals surface area contributed by atoms with E-state index >= 15 is 0 Å². The lowest BCUT2D eigenvalue weighted by molar-refractivity contribution is 0.231. The summed E-state index contributed by atoms with van der Waals surface area (Å²) in [7, 11) is 0. The second-order valence-electron chi connectivity index (χ2n) is 3.85. The van der Waals surface area contributed by atoms with Gasteiger partial charge >= 0.3 is 6.03 Å². The summed E-state index contributed by atoms with van der Waals surface area (Å²) >= 11 is 0. The number of benzene rings is 1. The van der Waals surface area contributed by atoms with Crippen molar-refractivity contribution in [2.45, 2.75) is 19.9 Å². The quantitative estimate of drug-likeness (QED) is 0.717. The monoisotopic (exact) mass is 252 g/mol. The summed E-state index contributed by atoms with van der Waals surface area (Å²) in [6, 6.07) is 7.21. The molecule has 1 rings (SSSR count). The summed E-state index contributed by atoms with van der Waals surface area (Å²) in [6.07, 6.45) is 0. The van der Waals surface area contributed by atoms with Gasteiger partial charge in [0.25, 0.3) is 0 Å². The Morgan fingerprint density at radius 2 is 2.06 bits per heavy atom. The van der Waals surface area contributed by atoms with Gasteiger partial charge in [0.15, 0.2) is 0 Å². The van der Waals surface area contributed by atoms with Gasteiger partial charge in [-0.1, -0.05) is 12.1 Å². The van der Waals surface area contributed by atoms with Crippen LogP contribution in [0.4, 0.5) is 4.79 Å². The number of aliphatic hydroxyl groups is 1. The maximum absolute atomic E-state index is 11.4. The molecule has 0 fully saturated rings. The zero-order chi connectivity index (χ0) is 13.4. The highest BCUT2D eigenvalue weighted by Gasteiger charge is 2.08. The van der Waals surface area contributed by atoms with Crippen LogP contribution in [0, 0.1) is 0 Å². The molecule has 0 radical (unpaired) electrons. The second kappa shape index (κ2) is 7.55. The van der Waals surface area contributed by atoms with Crippen molar-refractivity contribution in [2.24, 2.45) is 0 Å². The number of hydrogen-bond donors (Lipinski definition) is 3. The Bertz CT molecular complexity index is 365. The van der Waals surface area contributed by atoms with Crippen molar-refractivity contribution in [2.75, 3.05) is 19.8 Å². The average Bonchev–Trinajstić information content (AvgIpc) is 2.37. The second-order valence-corrected chi connectivity index (χ2v) is 3.85. The van der Waals surface area contributed by atoms with Crippen LogP contribution in [0.5, 0.6) is 5.75 Å². The van der Waals surface area contributed by atoms with Crippen molar-refractivity contribution in [3.05, 3.63) is 29.8 Å². The van der Waals surface area contributed by atoms with Crippen LogP contribution in [0.3, 0.4) is 0 Å². The van der Waals surface area contributed by atoms with E-state index in [4.69, 9.17) is 9.84 Å². The first-order valence-corrected chi connectivity index (χ1v) is 6.05. The maximum atomic E-state index is 11.4. The molecule has 0 aliphatic carbocycles. The number of ether oxygens (including phenoxy) is 1. The molecule has 0 aliphatic rings. The number of hydrogen-bond acceptors (Lipinski definition) is 3. The Hall–Kier alpha value is -1.75. The average molecular weight is 252 g/mol. The van der Waals surface area contributed by atoms with E-state index in [0.29, 0.717) is 6.61 Å². The third-order valence-corrected chi connectivity index (χ3v) is 2.44. The molecule has 18 heavy (non-hydrogen) atoms. The van der Waals surface area contributed by atoms with Gasteiger partial charge in [-0.2, -0.15) is 0 Å². The van der Waals surface area contributed by atoms with Gasteiger partial charge in [0.1, 0.15) is 5.75 Å². The number of aliphatic hydroxyl groups excluding tert-OH is 1. The van der Waals surface area contributed by atoms with Crippen molar-refractivity contribution < 1.29 is 14.6 Å². The molecule has 0 saturated heterocycles. The van der Waals surface area contributed by atoms with Gasteiger partial charge in [-0.05, 0) is 31.5 Å². The van der Waals surface area contributed by atoms with Crippen LogP contribution in [-0.2, 0) is 0 Å². The van der Waals surface area contributed by atoms with E-state index in [1.807, 2.05) is 38.1 Å². The maximum Gasteiger partial charge on any atom is 0.315 e. The summed E-state index contributed by atoms with van der Waals surface area (Å²) in [5.74, 6) is 0.818. The molecule has 0 aromatic heterocycles. The number of rotatable bonds is 6. The Balaban J connectivity index is 2.50. The van der Waals surface area contributed by atoms with Crippen LogP contribution in [0.2, 0.25) is 0 Å². The van der Waals surface area contributed by atoms with Crippen LogP contribution in [0.25, 0.3) is 0 Å². The smallest absolute Gasteiger partial charge is 0.315 e. The molecule has 5 nitrogen and oxygen atoms in total. The molecule has 1 atom stereocenters. The molecule has 0 aliphatic heterocycles. The minimum absolute atomic E-state index is 0.0646. The number of nitrogens with one attached hydrogen (secondary N) is 2. The molecular weight excluding hydrogens is 232 g/mol. The van der Waals surface area contributed by atoms with E-state index < -0.39 is 0 Å². The Labute approximate surface area is 107 Å². The van der Waals surface area contributed by atoms with Crippen molar-refractivity contribution >= 4 is 6.03 Å². The number of amides is 2. The molecule has 0 saturated carbocycles. The van der Waals surface area contributed by atoms with Crippen LogP contribution in [-0.4, -0.2) is 30.9 Å². The molecule has 0 bridgehead atoms. The number of carbonyl (C=O) groups excluding carboxylic acids is 1. The van der Waals surface area contributed by atoms with Gasteiger partial charge in [-0.25, -0.2) is 4.79 Å². The number of carbonyl (C=O) groups is 1. The Morgan fingerprint density at radius 3 is 2.61 bits per heavy atom. The molecule has 0 heterocycles. The van der Waals surface area contributed by atoms with E-state index in [1.54, 1.807) is 0 Å². The van der Waals surface area contributed by atoms with E-state index in [2.05, 4.69) is 10.6 Å². The highest BCUT2D eigenvalue weighted by atomic mass is 16.5. The van der Waals surface area contributed by atoms with Gasteiger partial charge in [0.2, 0.25) is 0 Å². The van der Waals surface area contributed by atoms with Crippen molar-refractivity contribution in [1.29, 1.82) is 0 Å². The summed E-state index contributed by atoms with van der Waals surface area (Å²) in [5.41, 5.74) is 0.998. The first-order valence-electron chi connectivity index (χ1n) is 6.05. The topological polar surface area (TPSA) is 70.6 Å². The van der Waals surface area contributed by atoms with Gasteiger partial charge in [0, 0.05) is 6.54 Å². The molecule has 0 spiro atoms. The van der Waals surface area contributed by atoms with Crippen molar-refractivity contribution in [1.82, 2.24) is 10.6 Å². The molecule has 3 N–H and O–H groups in total. The van der Waals surface area contributed by atoms with Crippen LogP contribution in [0.15, 0.2) is 24.3 Å². The SMILES string of the molecule is CCOc1ccc(C(C)NC(=O)NCCO)cc1. The van der Waals surface area contributed by atoms with Crippen molar-refractivity contribution in [3.63, 3.8) is 0 Å². The molecule has 1 unspecified atom stereocenters. The Kier molecular flexibility index (Phi) is 6.00. The summed E-state index contributed by atoms with van der Waals surface area (Å²) in [4.78, 5) is 11.4. The van der Waals surface area contributed by atoms with E-state index in [-0.39, 0.29) is 25.2 Å². The lowest BCUT2D eigenvalue weighted by Gasteiger charge is -2.15. The predicted molar refractivity (Wildman–Crippen MR) is 69.6 cm³/mol. The summed E-state index contributed by atoms with van der Waals surface area (Å²) in [5, 5.41) is 13.9. The number of urea groups is 1. The van der Waals surface area contributed by atoms with E-state index in [9.17, 15) is 4.79 Å². The van der Waals surface area contributed by atoms with Crippen LogP contribution >= 0.6 is 0 Å². The summed E-state index contributed by atoms with van der Waals surface area (Å²) < 4.78 is 5.35. The highest BCUT2D eigenvalue weighted by molar-refractivity contribution is 5.74. The fourth-order valence-corrected chi connectivity index (χ4v) is 1.52. The van der Waals surface area contributed by atoms with Gasteiger partial charge < -0.3 is 20.5 Å². The molecule has 1 aromatic carbocycles. The van der Waals surface area contributed by atoms with Crippen LogP contribution in [0.1, 0.15) is 25.5 Å². The first kappa shape index (κ1) is 14.3. The van der Waals surface area contributed by atoms with Crippen LogP contribution < -0.4 is 15.4 Å². The standard InChI is InChI=1S/C13H20N2O3/c1-3-18-12-6-4-11(5-7-12)10(2)15-13(17)14-8-9-16/h4-7,10,16H,3,8-9H2,1-2H3,(H2,14,15,17). The molecule has 2 amide bonds. The third-order valence-electron chi connectivity index (χ3n) is 2.44. The molecule has 1 aromatic rings. The Morgan fingerprint density at radius 1 is 1.39 bits per heavy atom. The fourth-order valence-electron chi connectivity index (χ4n) is 1.52. The van der Waals surface area contributed by atoms with Gasteiger partial charge in [0.05, 0.1) is 19.3 Å². The van der Waals surface area contributed by atoms with Crippen molar-refractivity contribution in [3.8, 4) is 5.75 Å². The van der Waals surface area contributed by atoms with Gasteiger partial charge in [-0.3, -0.25) is 0 Å². The lowest BCUT2D eigenvalue weighted by Crippen LogP contribution is -2.38. The summed E-state index contributed by atoms with van der Waals surface area (Å²) in [6.45, 7) is 4.65. The fraction of sp³-hybridized carbons (Fsp3) is 0.462. The predicted octanol–water partition coefficient (Wildman–Crippen LogP) is 1.44. The van der Waals surface area contributed by atoms with Gasteiger partial charge in [-0.15, -0.1) is 0 Å². The molecule has 5 heteroatoms. The zero-order valence-corrected chi connectivity index (χ0v) is 10.8. The van der Waals surface area contributed by atoms with E-state index in [0.717, 1.165) is 11.3 Å². The lowest BCUT2D eigenvalue weighted by atomic mass is 10.1. The highest BCUT2D eigenvalue weighted by Crippen LogP contribution is 2.17. The zero-order valence-electron chi connectivity index (χ0n) is 10.8. The molecule has 100 valence electrons. The normalized spacial score (nSPS) is 11.7. The third kappa shape index (κ3) is 4.63.